The predicted octanol–water partition coefficient (Wildman–Crippen LogP) is 3.81. The second-order valence-electron chi connectivity index (χ2n) is 10.2. The molecule has 3 saturated carbocycles. The molecule has 0 amide bonds. The number of hydrogen-bond acceptors (Lipinski definition) is 5. The van der Waals surface area contributed by atoms with Crippen LogP contribution in [0.4, 0.5) is 0 Å². The van der Waals surface area contributed by atoms with Crippen LogP contribution in [0.2, 0.25) is 0 Å². The van der Waals surface area contributed by atoms with Gasteiger partial charge in [-0.15, -0.1) is 0 Å². The van der Waals surface area contributed by atoms with Gasteiger partial charge in [-0.1, -0.05) is 26.3 Å². The fraction of sp³-hybridized carbons (Fsp3) is 0.750. The van der Waals surface area contributed by atoms with Crippen LogP contribution in [0.5, 0.6) is 0 Å². The number of ether oxygens (including phenoxy) is 2. The van der Waals surface area contributed by atoms with Crippen molar-refractivity contribution < 1.29 is 24.2 Å². The minimum absolute atomic E-state index is 0.0552. The molecule has 4 aliphatic carbocycles. The summed E-state index contributed by atoms with van der Waals surface area (Å²) in [5, 5.41) is 11.3. The second-order valence-corrected chi connectivity index (χ2v) is 10.2. The monoisotopic (exact) mass is 402 g/mol. The standard InChI is InChI=1S/C24H34O5/c1-5-28-13-21(27)29-20-12-24(4)15(9-18(20)25)6-7-16-17-8-14(2)10-23(17,3)11-19(26)22(16)24/h9,12,14,16-17,19,22,26H,5-8,10-11,13H2,1-4H3/t14-,16+,17+,19+,22-,23+,24+/m1/s1. The Morgan fingerprint density at radius 2 is 2.07 bits per heavy atom. The van der Waals surface area contributed by atoms with Gasteiger partial charge in [-0.2, -0.15) is 0 Å². The first-order valence-corrected chi connectivity index (χ1v) is 11.1. The Morgan fingerprint density at radius 3 is 2.79 bits per heavy atom. The number of rotatable bonds is 4. The molecule has 0 aromatic heterocycles. The van der Waals surface area contributed by atoms with Gasteiger partial charge >= 0.3 is 5.97 Å². The Hall–Kier alpha value is -1.46. The topological polar surface area (TPSA) is 72.8 Å². The van der Waals surface area contributed by atoms with Crippen LogP contribution >= 0.6 is 0 Å². The van der Waals surface area contributed by atoms with Crippen molar-refractivity contribution in [3.8, 4) is 0 Å². The van der Waals surface area contributed by atoms with E-state index >= 15 is 0 Å². The largest absolute Gasteiger partial charge is 0.421 e. The smallest absolute Gasteiger partial charge is 0.337 e. The highest BCUT2D eigenvalue weighted by atomic mass is 16.6. The number of hydrogen-bond donors (Lipinski definition) is 1. The zero-order chi connectivity index (χ0) is 21.0. The van der Waals surface area contributed by atoms with E-state index < -0.39 is 17.5 Å². The first kappa shape index (κ1) is 20.8. The minimum Gasteiger partial charge on any atom is -0.421 e. The van der Waals surface area contributed by atoms with E-state index in [9.17, 15) is 14.7 Å². The summed E-state index contributed by atoms with van der Waals surface area (Å²) in [5.74, 6) is 1.06. The lowest BCUT2D eigenvalue weighted by atomic mass is 9.47. The van der Waals surface area contributed by atoms with E-state index in [1.165, 1.54) is 12.8 Å². The molecule has 3 fully saturated rings. The van der Waals surface area contributed by atoms with Crippen LogP contribution in [0.15, 0.2) is 23.5 Å². The van der Waals surface area contributed by atoms with E-state index in [-0.39, 0.29) is 29.5 Å². The maximum atomic E-state index is 12.6. The summed E-state index contributed by atoms with van der Waals surface area (Å²) in [6, 6.07) is 0. The molecule has 5 heteroatoms. The molecule has 5 nitrogen and oxygen atoms in total. The highest BCUT2D eigenvalue weighted by molar-refractivity contribution is 6.05. The Labute approximate surface area is 173 Å². The molecule has 0 heterocycles. The van der Waals surface area contributed by atoms with Crippen LogP contribution in [0.3, 0.4) is 0 Å². The summed E-state index contributed by atoms with van der Waals surface area (Å²) in [7, 11) is 0. The molecule has 0 spiro atoms. The van der Waals surface area contributed by atoms with Gasteiger partial charge in [-0.3, -0.25) is 4.79 Å². The number of esters is 1. The van der Waals surface area contributed by atoms with E-state index in [4.69, 9.17) is 9.47 Å². The maximum absolute atomic E-state index is 12.6. The number of fused-ring (bicyclic) bond motifs is 5. The molecule has 0 aliphatic heterocycles. The van der Waals surface area contributed by atoms with Crippen molar-refractivity contribution in [3.63, 3.8) is 0 Å². The first-order chi connectivity index (χ1) is 13.7. The summed E-state index contributed by atoms with van der Waals surface area (Å²) < 4.78 is 10.5. The Balaban J connectivity index is 1.65. The van der Waals surface area contributed by atoms with Crippen molar-refractivity contribution in [2.45, 2.75) is 65.9 Å². The molecule has 29 heavy (non-hydrogen) atoms. The lowest BCUT2D eigenvalue weighted by Crippen LogP contribution is -2.55. The van der Waals surface area contributed by atoms with Gasteiger partial charge in [0.2, 0.25) is 5.78 Å². The normalized spacial score (nSPS) is 43.6. The average Bonchev–Trinajstić information content (AvgIpc) is 2.94. The van der Waals surface area contributed by atoms with Crippen molar-refractivity contribution in [1.82, 2.24) is 0 Å². The molecule has 0 aromatic carbocycles. The second kappa shape index (κ2) is 7.35. The zero-order valence-electron chi connectivity index (χ0n) is 18.1. The number of ketones is 1. The SMILES string of the molecule is CCOCC(=O)OC1=C[C@@]2(C)C(=CC1=O)CC[C@@H]1[C@@H]2[C@@H](O)C[C@]2(C)C[C@H](C)C[C@@H]12. The summed E-state index contributed by atoms with van der Waals surface area (Å²) in [4.78, 5) is 24.6. The molecule has 1 N–H and O–H groups in total. The summed E-state index contributed by atoms with van der Waals surface area (Å²) >= 11 is 0. The average molecular weight is 403 g/mol. The van der Waals surface area contributed by atoms with Crippen LogP contribution in [0.1, 0.15) is 59.8 Å². The lowest BCUT2D eigenvalue weighted by molar-refractivity contribution is -0.147. The quantitative estimate of drug-likeness (QED) is 0.724. The molecular weight excluding hydrogens is 368 g/mol. The van der Waals surface area contributed by atoms with Crippen LogP contribution in [-0.4, -0.2) is 36.2 Å². The fourth-order valence-electron chi connectivity index (χ4n) is 7.25. The molecule has 0 radical (unpaired) electrons. The third-order valence-corrected chi connectivity index (χ3v) is 8.19. The van der Waals surface area contributed by atoms with Crippen molar-refractivity contribution in [2.75, 3.05) is 13.2 Å². The third-order valence-electron chi connectivity index (χ3n) is 8.19. The van der Waals surface area contributed by atoms with Gasteiger partial charge in [-0.25, -0.2) is 4.79 Å². The first-order valence-electron chi connectivity index (χ1n) is 11.1. The van der Waals surface area contributed by atoms with Gasteiger partial charge in [0.1, 0.15) is 6.61 Å². The van der Waals surface area contributed by atoms with E-state index in [1.54, 1.807) is 13.0 Å². The van der Waals surface area contributed by atoms with Crippen LogP contribution < -0.4 is 0 Å². The zero-order valence-corrected chi connectivity index (χ0v) is 18.1. The summed E-state index contributed by atoms with van der Waals surface area (Å²) in [6.45, 7) is 8.85. The highest BCUT2D eigenvalue weighted by Crippen LogP contribution is 2.65. The van der Waals surface area contributed by atoms with E-state index in [2.05, 4.69) is 20.8 Å². The fourth-order valence-corrected chi connectivity index (χ4v) is 7.25. The van der Waals surface area contributed by atoms with Crippen molar-refractivity contribution in [3.05, 3.63) is 23.5 Å². The van der Waals surface area contributed by atoms with Gasteiger partial charge in [-0.05, 0) is 74.3 Å². The van der Waals surface area contributed by atoms with Crippen molar-refractivity contribution >= 4 is 11.8 Å². The van der Waals surface area contributed by atoms with E-state index in [0.717, 1.165) is 24.8 Å². The maximum Gasteiger partial charge on any atom is 0.337 e. The number of aliphatic hydroxyl groups excluding tert-OH is 1. The van der Waals surface area contributed by atoms with Crippen molar-refractivity contribution in [1.29, 1.82) is 0 Å². The molecule has 0 aromatic rings. The van der Waals surface area contributed by atoms with E-state index in [0.29, 0.717) is 24.4 Å². The Morgan fingerprint density at radius 1 is 1.31 bits per heavy atom. The van der Waals surface area contributed by atoms with E-state index in [1.807, 2.05) is 6.08 Å². The minimum atomic E-state index is -0.555. The number of carbonyl (C=O) groups is 2. The van der Waals surface area contributed by atoms with Gasteiger partial charge in [0.15, 0.2) is 5.76 Å². The molecule has 0 unspecified atom stereocenters. The number of aliphatic hydroxyl groups is 1. The molecule has 0 bridgehead atoms. The number of allylic oxidation sites excluding steroid dienone is 3. The Bertz CT molecular complexity index is 767. The third kappa shape index (κ3) is 3.40. The molecule has 7 atom stereocenters. The van der Waals surface area contributed by atoms with Gasteiger partial charge in [0.05, 0.1) is 6.10 Å². The molecule has 0 saturated heterocycles. The molecule has 4 rings (SSSR count). The molecular formula is C24H34O5. The van der Waals surface area contributed by atoms with Gasteiger partial charge in [0, 0.05) is 17.9 Å². The lowest BCUT2D eigenvalue weighted by Gasteiger charge is -2.58. The molecule has 4 aliphatic rings. The van der Waals surface area contributed by atoms with Crippen LogP contribution in [0, 0.1) is 34.5 Å². The van der Waals surface area contributed by atoms with Crippen LogP contribution in [0.25, 0.3) is 0 Å². The van der Waals surface area contributed by atoms with Crippen LogP contribution in [-0.2, 0) is 19.1 Å². The van der Waals surface area contributed by atoms with Gasteiger partial charge in [0.25, 0.3) is 0 Å². The van der Waals surface area contributed by atoms with Crippen molar-refractivity contribution in [2.24, 2.45) is 34.5 Å². The summed E-state index contributed by atoms with van der Waals surface area (Å²) in [5.41, 5.74) is 0.825. The number of carbonyl (C=O) groups excluding carboxylic acids is 2. The summed E-state index contributed by atoms with van der Waals surface area (Å²) in [6.07, 6.45) is 8.18. The Kier molecular flexibility index (Phi) is 5.27. The highest BCUT2D eigenvalue weighted by Gasteiger charge is 2.60. The molecule has 160 valence electrons. The predicted molar refractivity (Wildman–Crippen MR) is 109 cm³/mol. The van der Waals surface area contributed by atoms with Gasteiger partial charge < -0.3 is 14.6 Å².